The zero-order valence-corrected chi connectivity index (χ0v) is 25.8. The Balaban J connectivity index is 1.22. The number of H-pyrrole nitrogens is 1. The number of amides is 1. The van der Waals surface area contributed by atoms with E-state index in [9.17, 15) is 4.79 Å². The van der Waals surface area contributed by atoms with Crippen LogP contribution >= 0.6 is 0 Å². The summed E-state index contributed by atoms with van der Waals surface area (Å²) in [5.41, 5.74) is 5.11. The van der Waals surface area contributed by atoms with Crippen molar-refractivity contribution in [2.45, 2.75) is 26.1 Å². The smallest absolute Gasteiger partial charge is 0.243 e. The number of nitrogens with one attached hydrogen (secondary N) is 1. The van der Waals surface area contributed by atoms with E-state index in [1.807, 2.05) is 82.8 Å². The number of piperazine rings is 1. The van der Waals surface area contributed by atoms with Gasteiger partial charge in [0, 0.05) is 50.9 Å². The lowest BCUT2D eigenvalue weighted by molar-refractivity contribution is -0.137. The average Bonchev–Trinajstić information content (AvgIpc) is 3.79. The number of nitrogens with zero attached hydrogens (tertiary/aromatic N) is 8. The van der Waals surface area contributed by atoms with Crippen molar-refractivity contribution in [3.8, 4) is 22.9 Å². The molecule has 1 N–H and O–H groups in total. The molecule has 0 spiro atoms. The molecule has 1 amide bonds. The SMILES string of the molecule is COc1ccc2nc(C)n(CC(=O)N3CCN(Cc4ccn(C)n4)CC3c3ncc(-c4cc5ccccc5nc4OC)[nH]3)c2c1. The molecule has 0 bridgehead atoms. The van der Waals surface area contributed by atoms with Crippen LogP contribution in [0.1, 0.15) is 23.4 Å². The fourth-order valence-corrected chi connectivity index (χ4v) is 6.16. The van der Waals surface area contributed by atoms with Crippen molar-refractivity contribution in [3.05, 3.63) is 84.3 Å². The first kappa shape index (κ1) is 28.5. The molecule has 12 heteroatoms. The van der Waals surface area contributed by atoms with Gasteiger partial charge in [0.1, 0.15) is 30.0 Å². The van der Waals surface area contributed by atoms with Crippen LogP contribution in [0.4, 0.5) is 0 Å². The molecule has 0 radical (unpaired) electrons. The van der Waals surface area contributed by atoms with E-state index in [1.165, 1.54) is 0 Å². The minimum Gasteiger partial charge on any atom is -0.497 e. The number of aromatic nitrogens is 7. The number of fused-ring (bicyclic) bond motifs is 2. The van der Waals surface area contributed by atoms with E-state index in [1.54, 1.807) is 20.4 Å². The van der Waals surface area contributed by atoms with E-state index in [4.69, 9.17) is 19.4 Å². The lowest BCUT2D eigenvalue weighted by Gasteiger charge is -2.40. The van der Waals surface area contributed by atoms with Crippen LogP contribution < -0.4 is 9.47 Å². The molecule has 12 nitrogen and oxygen atoms in total. The minimum atomic E-state index is -0.312. The molecule has 6 aromatic rings. The second kappa shape index (κ2) is 11.7. The molecule has 1 unspecified atom stereocenters. The van der Waals surface area contributed by atoms with Crippen molar-refractivity contribution in [2.75, 3.05) is 33.9 Å². The molecule has 1 saturated heterocycles. The molecule has 1 fully saturated rings. The van der Waals surface area contributed by atoms with E-state index >= 15 is 0 Å². The molecular weight excluding hydrogens is 570 g/mol. The Labute approximate surface area is 260 Å². The molecule has 45 heavy (non-hydrogen) atoms. The number of ether oxygens (including phenoxy) is 2. The third-order valence-electron chi connectivity index (χ3n) is 8.46. The van der Waals surface area contributed by atoms with E-state index in [0.29, 0.717) is 37.9 Å². The van der Waals surface area contributed by atoms with E-state index in [0.717, 1.165) is 50.5 Å². The number of aromatic amines is 1. The van der Waals surface area contributed by atoms with Gasteiger partial charge in [-0.1, -0.05) is 18.2 Å². The second-order valence-corrected chi connectivity index (χ2v) is 11.3. The number of hydrogen-bond acceptors (Lipinski definition) is 8. The first-order valence-electron chi connectivity index (χ1n) is 14.9. The Morgan fingerprint density at radius 1 is 1.02 bits per heavy atom. The normalized spacial score (nSPS) is 15.6. The number of carbonyl (C=O) groups excluding carboxylic acids is 1. The van der Waals surface area contributed by atoms with Gasteiger partial charge in [0.2, 0.25) is 11.8 Å². The van der Waals surface area contributed by atoms with E-state index in [-0.39, 0.29) is 18.5 Å². The standard InChI is InChI=1S/C33H35N9O3/c1-21-35-27-10-9-24(44-3)16-29(27)42(21)20-31(43)41-14-13-40(18-23-11-12-39(2)38-23)19-30(41)32-34-17-28(36-32)25-15-22-7-5-6-8-26(22)37-33(25)45-4/h5-12,15-17,30H,13-14,18-20H2,1-4H3,(H,34,36). The molecule has 0 saturated carbocycles. The van der Waals surface area contributed by atoms with Gasteiger partial charge in [-0.3, -0.25) is 14.4 Å². The molecule has 1 atom stereocenters. The van der Waals surface area contributed by atoms with Gasteiger partial charge < -0.3 is 23.9 Å². The van der Waals surface area contributed by atoms with Crippen molar-refractivity contribution < 1.29 is 14.3 Å². The maximum absolute atomic E-state index is 14.1. The van der Waals surface area contributed by atoms with E-state index < -0.39 is 0 Å². The van der Waals surface area contributed by atoms with Gasteiger partial charge in [-0.25, -0.2) is 15.0 Å². The molecular formula is C33H35N9O3. The molecule has 5 heterocycles. The third-order valence-corrected chi connectivity index (χ3v) is 8.46. The zero-order chi connectivity index (χ0) is 31.1. The monoisotopic (exact) mass is 605 g/mol. The zero-order valence-electron chi connectivity index (χ0n) is 25.8. The highest BCUT2D eigenvalue weighted by atomic mass is 16.5. The molecule has 2 aromatic carbocycles. The van der Waals surface area contributed by atoms with Gasteiger partial charge in [-0.15, -0.1) is 0 Å². The van der Waals surface area contributed by atoms with Crippen LogP contribution in [0.25, 0.3) is 33.2 Å². The van der Waals surface area contributed by atoms with Crippen molar-refractivity contribution in [1.82, 2.24) is 44.1 Å². The molecule has 0 aliphatic carbocycles. The summed E-state index contributed by atoms with van der Waals surface area (Å²) >= 11 is 0. The number of rotatable bonds is 8. The molecule has 230 valence electrons. The van der Waals surface area contributed by atoms with Crippen molar-refractivity contribution in [2.24, 2.45) is 7.05 Å². The Morgan fingerprint density at radius 3 is 2.69 bits per heavy atom. The second-order valence-electron chi connectivity index (χ2n) is 11.3. The summed E-state index contributed by atoms with van der Waals surface area (Å²) in [5.74, 6) is 2.70. The summed E-state index contributed by atoms with van der Waals surface area (Å²) in [5, 5.41) is 5.58. The maximum Gasteiger partial charge on any atom is 0.243 e. The first-order chi connectivity index (χ1) is 21.9. The number of benzene rings is 2. The van der Waals surface area contributed by atoms with Crippen LogP contribution in [0.5, 0.6) is 11.6 Å². The highest BCUT2D eigenvalue weighted by Gasteiger charge is 2.34. The summed E-state index contributed by atoms with van der Waals surface area (Å²) in [6.45, 7) is 4.61. The number of hydrogen-bond donors (Lipinski definition) is 1. The van der Waals surface area contributed by atoms with Crippen molar-refractivity contribution >= 4 is 27.8 Å². The number of methoxy groups -OCH3 is 2. The summed E-state index contributed by atoms with van der Waals surface area (Å²) in [4.78, 5) is 36.1. The Morgan fingerprint density at radius 2 is 1.89 bits per heavy atom. The van der Waals surface area contributed by atoms with E-state index in [2.05, 4.69) is 26.0 Å². The van der Waals surface area contributed by atoms with Gasteiger partial charge in [-0.05, 0) is 37.3 Å². The Bertz CT molecular complexity index is 2010. The van der Waals surface area contributed by atoms with Gasteiger partial charge in [0.15, 0.2) is 0 Å². The number of imidazole rings is 2. The molecule has 1 aliphatic rings. The largest absolute Gasteiger partial charge is 0.497 e. The van der Waals surface area contributed by atoms with Crippen LogP contribution in [0.15, 0.2) is 67.0 Å². The van der Waals surface area contributed by atoms with Crippen molar-refractivity contribution in [3.63, 3.8) is 0 Å². The van der Waals surface area contributed by atoms with Crippen LogP contribution in [-0.2, 0) is 24.9 Å². The number of pyridine rings is 1. The number of aryl methyl sites for hydroxylation is 2. The Kier molecular flexibility index (Phi) is 7.42. The quantitative estimate of drug-likeness (QED) is 0.275. The highest BCUT2D eigenvalue weighted by molar-refractivity contribution is 5.85. The number of para-hydroxylation sites is 1. The summed E-state index contributed by atoms with van der Waals surface area (Å²) in [7, 11) is 5.17. The minimum absolute atomic E-state index is 0.00870. The van der Waals surface area contributed by atoms with Gasteiger partial charge >= 0.3 is 0 Å². The van der Waals surface area contributed by atoms with Gasteiger partial charge in [-0.2, -0.15) is 5.10 Å². The fourth-order valence-electron chi connectivity index (χ4n) is 6.16. The summed E-state index contributed by atoms with van der Waals surface area (Å²) < 4.78 is 14.9. The molecule has 1 aliphatic heterocycles. The van der Waals surface area contributed by atoms with Gasteiger partial charge in [0.05, 0.1) is 53.9 Å². The lowest BCUT2D eigenvalue weighted by Crippen LogP contribution is -2.51. The van der Waals surface area contributed by atoms with Crippen LogP contribution in [0.3, 0.4) is 0 Å². The lowest BCUT2D eigenvalue weighted by atomic mass is 10.1. The van der Waals surface area contributed by atoms with Crippen molar-refractivity contribution in [1.29, 1.82) is 0 Å². The van der Waals surface area contributed by atoms with Crippen LogP contribution in [-0.4, -0.2) is 83.8 Å². The predicted octanol–water partition coefficient (Wildman–Crippen LogP) is 4.12. The highest BCUT2D eigenvalue weighted by Crippen LogP contribution is 2.33. The molecule has 4 aromatic heterocycles. The predicted molar refractivity (Wildman–Crippen MR) is 170 cm³/mol. The van der Waals surface area contributed by atoms with Crippen LogP contribution in [0, 0.1) is 6.92 Å². The summed E-state index contributed by atoms with van der Waals surface area (Å²) in [6, 6.07) is 17.4. The van der Waals surface area contributed by atoms with Gasteiger partial charge in [0.25, 0.3) is 0 Å². The Hall–Kier alpha value is -5.23. The topological polar surface area (TPSA) is 119 Å². The van der Waals surface area contributed by atoms with Crippen LogP contribution in [0.2, 0.25) is 0 Å². The number of carbonyl (C=O) groups is 1. The fraction of sp³-hybridized carbons (Fsp3) is 0.303. The first-order valence-corrected chi connectivity index (χ1v) is 14.9. The molecule has 7 rings (SSSR count). The average molecular weight is 606 g/mol. The maximum atomic E-state index is 14.1. The summed E-state index contributed by atoms with van der Waals surface area (Å²) in [6.07, 6.45) is 3.74. The third kappa shape index (κ3) is 5.48.